The van der Waals surface area contributed by atoms with E-state index in [1.807, 2.05) is 13.0 Å². The van der Waals surface area contributed by atoms with E-state index in [1.165, 1.54) is 5.56 Å². The van der Waals surface area contributed by atoms with Crippen molar-refractivity contribution in [3.63, 3.8) is 0 Å². The number of hydrogen-bond donors (Lipinski definition) is 0. The van der Waals surface area contributed by atoms with Gasteiger partial charge in [-0.2, -0.15) is 0 Å². The number of esters is 1. The molecule has 0 aliphatic carbocycles. The summed E-state index contributed by atoms with van der Waals surface area (Å²) in [5.74, 6) is -0.182. The third-order valence-electron chi connectivity index (χ3n) is 3.53. The Kier molecular flexibility index (Phi) is 4.97. The molecule has 1 aromatic carbocycles. The van der Waals surface area contributed by atoms with Crippen LogP contribution in [-0.2, 0) is 20.7 Å². The fraction of sp³-hybridized carbons (Fsp3) is 0.562. The Hall–Kier alpha value is -1.35. The second kappa shape index (κ2) is 6.71. The molecule has 1 aromatic rings. The average molecular weight is 262 g/mol. The van der Waals surface area contributed by atoms with Crippen LogP contribution in [0.4, 0.5) is 0 Å². The van der Waals surface area contributed by atoms with Crippen LogP contribution in [0, 0.1) is 0 Å². The highest BCUT2D eigenvalue weighted by Gasteiger charge is 2.52. The minimum Gasteiger partial charge on any atom is -0.464 e. The van der Waals surface area contributed by atoms with Gasteiger partial charge in [0.2, 0.25) is 0 Å². The lowest BCUT2D eigenvalue weighted by Gasteiger charge is -2.10. The maximum absolute atomic E-state index is 11.7. The maximum Gasteiger partial charge on any atom is 0.340 e. The van der Waals surface area contributed by atoms with Crippen molar-refractivity contribution in [2.45, 2.75) is 44.6 Å². The molecule has 19 heavy (non-hydrogen) atoms. The first-order valence-electron chi connectivity index (χ1n) is 7.12. The van der Waals surface area contributed by atoms with E-state index in [2.05, 4.69) is 24.3 Å². The van der Waals surface area contributed by atoms with Crippen molar-refractivity contribution < 1.29 is 14.3 Å². The van der Waals surface area contributed by atoms with Gasteiger partial charge < -0.3 is 9.47 Å². The lowest BCUT2D eigenvalue weighted by Crippen LogP contribution is -2.27. The number of unbranched alkanes of at least 4 members (excludes halogenated alkanes) is 2. The van der Waals surface area contributed by atoms with Crippen molar-refractivity contribution in [1.29, 1.82) is 0 Å². The number of epoxide rings is 1. The van der Waals surface area contributed by atoms with E-state index in [4.69, 9.17) is 9.47 Å². The molecule has 0 amide bonds. The SMILES string of the molecule is CCOC(=O)[C@]1(CCCCCc2ccccc2)CO1. The summed E-state index contributed by atoms with van der Waals surface area (Å²) in [5.41, 5.74) is 0.785. The van der Waals surface area contributed by atoms with Gasteiger partial charge in [-0.15, -0.1) is 0 Å². The summed E-state index contributed by atoms with van der Waals surface area (Å²) in [6.07, 6.45) is 5.20. The third kappa shape index (κ3) is 4.06. The molecule has 0 saturated carbocycles. The number of hydrogen-bond acceptors (Lipinski definition) is 3. The van der Waals surface area contributed by atoms with Gasteiger partial charge in [-0.25, -0.2) is 4.79 Å². The summed E-state index contributed by atoms with van der Waals surface area (Å²) in [4.78, 5) is 11.7. The van der Waals surface area contributed by atoms with Crippen molar-refractivity contribution in [1.82, 2.24) is 0 Å². The predicted octanol–water partition coefficient (Wildman–Crippen LogP) is 3.12. The zero-order valence-electron chi connectivity index (χ0n) is 11.6. The third-order valence-corrected chi connectivity index (χ3v) is 3.53. The van der Waals surface area contributed by atoms with Gasteiger partial charge in [0.05, 0.1) is 13.2 Å². The van der Waals surface area contributed by atoms with Gasteiger partial charge in [0.15, 0.2) is 5.60 Å². The normalized spacial score (nSPS) is 21.1. The summed E-state index contributed by atoms with van der Waals surface area (Å²) in [7, 11) is 0. The zero-order chi connectivity index (χ0) is 13.6. The van der Waals surface area contributed by atoms with E-state index in [0.717, 1.165) is 32.1 Å². The first-order chi connectivity index (χ1) is 9.27. The zero-order valence-corrected chi connectivity index (χ0v) is 11.6. The molecule has 0 unspecified atom stereocenters. The van der Waals surface area contributed by atoms with E-state index in [-0.39, 0.29) is 5.97 Å². The number of carbonyl (C=O) groups excluding carboxylic acids is 1. The monoisotopic (exact) mass is 262 g/mol. The Balaban J connectivity index is 1.61. The van der Waals surface area contributed by atoms with Crippen molar-refractivity contribution in [2.75, 3.05) is 13.2 Å². The van der Waals surface area contributed by atoms with Gasteiger partial charge in [-0.3, -0.25) is 0 Å². The fourth-order valence-electron chi connectivity index (χ4n) is 2.28. The van der Waals surface area contributed by atoms with Gasteiger partial charge >= 0.3 is 5.97 Å². The molecule has 1 saturated heterocycles. The molecule has 0 radical (unpaired) electrons. The Morgan fingerprint density at radius 2 is 2.00 bits per heavy atom. The van der Waals surface area contributed by atoms with Crippen LogP contribution in [0.1, 0.15) is 38.2 Å². The molecule has 104 valence electrons. The number of benzene rings is 1. The highest BCUT2D eigenvalue weighted by atomic mass is 16.6. The van der Waals surface area contributed by atoms with Crippen molar-refractivity contribution in [2.24, 2.45) is 0 Å². The van der Waals surface area contributed by atoms with E-state index in [1.54, 1.807) is 0 Å². The second-order valence-corrected chi connectivity index (χ2v) is 5.05. The Morgan fingerprint density at radius 1 is 1.26 bits per heavy atom. The molecular formula is C16H22O3. The summed E-state index contributed by atoms with van der Waals surface area (Å²) in [6, 6.07) is 10.5. The number of carbonyl (C=O) groups is 1. The van der Waals surface area contributed by atoms with Crippen molar-refractivity contribution in [3.8, 4) is 0 Å². The molecule has 0 aromatic heterocycles. The Labute approximate surface area is 114 Å². The van der Waals surface area contributed by atoms with E-state index >= 15 is 0 Å². The summed E-state index contributed by atoms with van der Waals surface area (Å²) in [6.45, 7) is 2.79. The maximum atomic E-state index is 11.7. The minimum atomic E-state index is -0.594. The van der Waals surface area contributed by atoms with Crippen LogP contribution in [0.3, 0.4) is 0 Å². The van der Waals surface area contributed by atoms with Crippen LogP contribution in [0.2, 0.25) is 0 Å². The Morgan fingerprint density at radius 3 is 2.63 bits per heavy atom. The summed E-state index contributed by atoms with van der Waals surface area (Å²) >= 11 is 0. The molecule has 0 spiro atoms. The van der Waals surface area contributed by atoms with E-state index in [0.29, 0.717) is 13.2 Å². The molecular weight excluding hydrogens is 240 g/mol. The topological polar surface area (TPSA) is 38.8 Å². The average Bonchev–Trinajstić information content (AvgIpc) is 3.21. The second-order valence-electron chi connectivity index (χ2n) is 5.05. The molecule has 1 aliphatic rings. The fourth-order valence-corrected chi connectivity index (χ4v) is 2.28. The quantitative estimate of drug-likeness (QED) is 0.410. The molecule has 1 fully saturated rings. The van der Waals surface area contributed by atoms with Crippen molar-refractivity contribution >= 4 is 5.97 Å². The number of aryl methyl sites for hydroxylation is 1. The largest absolute Gasteiger partial charge is 0.464 e. The van der Waals surface area contributed by atoms with Crippen LogP contribution in [0.5, 0.6) is 0 Å². The lowest BCUT2D eigenvalue weighted by molar-refractivity contribution is -0.149. The predicted molar refractivity (Wildman–Crippen MR) is 73.9 cm³/mol. The summed E-state index contributed by atoms with van der Waals surface area (Å²) < 4.78 is 10.3. The van der Waals surface area contributed by atoms with E-state index in [9.17, 15) is 4.79 Å². The molecule has 3 nitrogen and oxygen atoms in total. The molecule has 2 rings (SSSR count). The van der Waals surface area contributed by atoms with E-state index < -0.39 is 5.60 Å². The van der Waals surface area contributed by atoms with Gasteiger partial charge in [0.25, 0.3) is 0 Å². The standard InChI is InChI=1S/C16H22O3/c1-2-18-15(17)16(13-19-16)12-8-4-7-11-14-9-5-3-6-10-14/h3,5-6,9-10H,2,4,7-8,11-13H2,1H3/t16-/m0/s1. The van der Waals surface area contributed by atoms with Crippen LogP contribution in [-0.4, -0.2) is 24.8 Å². The first-order valence-corrected chi connectivity index (χ1v) is 7.12. The number of ether oxygens (including phenoxy) is 2. The van der Waals surface area contributed by atoms with Gasteiger partial charge in [0, 0.05) is 0 Å². The minimum absolute atomic E-state index is 0.182. The lowest BCUT2D eigenvalue weighted by atomic mass is 10.0. The smallest absolute Gasteiger partial charge is 0.340 e. The summed E-state index contributed by atoms with van der Waals surface area (Å²) in [5, 5.41) is 0. The molecule has 0 bridgehead atoms. The number of rotatable bonds is 8. The molecule has 1 atom stereocenters. The van der Waals surface area contributed by atoms with Gasteiger partial charge in [-0.1, -0.05) is 36.8 Å². The van der Waals surface area contributed by atoms with Crippen LogP contribution in [0.15, 0.2) is 30.3 Å². The molecule has 3 heteroatoms. The van der Waals surface area contributed by atoms with Gasteiger partial charge in [-0.05, 0) is 38.2 Å². The highest BCUT2D eigenvalue weighted by molar-refractivity contribution is 5.82. The van der Waals surface area contributed by atoms with Crippen LogP contribution < -0.4 is 0 Å². The molecule has 1 heterocycles. The van der Waals surface area contributed by atoms with Gasteiger partial charge in [0.1, 0.15) is 0 Å². The van der Waals surface area contributed by atoms with Crippen molar-refractivity contribution in [3.05, 3.63) is 35.9 Å². The molecule has 0 N–H and O–H groups in total. The Bertz CT molecular complexity index is 396. The van der Waals surface area contributed by atoms with Crippen LogP contribution in [0.25, 0.3) is 0 Å². The molecule has 1 aliphatic heterocycles. The van der Waals surface area contributed by atoms with Crippen LogP contribution >= 0.6 is 0 Å². The highest BCUT2D eigenvalue weighted by Crippen LogP contribution is 2.34. The first kappa shape index (κ1) is 14.1.